The van der Waals surface area contributed by atoms with Crippen molar-refractivity contribution < 1.29 is 22.3 Å². The standard InChI is InChI=1S/C19H11ClF3N5O2/c20-16-6-3-12(7-15(16)19(21,22)23)26-18-28-27-17(30-18)11-1-4-13(5-2-11)29-14-8-24-10-25-9-14/h1-10H,(H,26,28). The lowest BCUT2D eigenvalue weighted by molar-refractivity contribution is -0.137. The Labute approximate surface area is 172 Å². The Morgan fingerprint density at radius 1 is 0.933 bits per heavy atom. The number of halogens is 4. The number of hydrogen-bond donors (Lipinski definition) is 1. The van der Waals surface area contributed by atoms with Gasteiger partial charge < -0.3 is 14.5 Å². The second kappa shape index (κ2) is 7.99. The third-order valence-corrected chi connectivity index (χ3v) is 4.15. The minimum absolute atomic E-state index is 0.0674. The molecule has 0 saturated carbocycles. The van der Waals surface area contributed by atoms with E-state index in [0.717, 1.165) is 12.1 Å². The summed E-state index contributed by atoms with van der Waals surface area (Å²) in [5.74, 6) is 1.21. The molecule has 152 valence electrons. The highest BCUT2D eigenvalue weighted by atomic mass is 35.5. The summed E-state index contributed by atoms with van der Waals surface area (Å²) in [6.45, 7) is 0. The van der Waals surface area contributed by atoms with Gasteiger partial charge in [0.05, 0.1) is 23.0 Å². The molecule has 0 spiro atoms. The molecule has 11 heteroatoms. The van der Waals surface area contributed by atoms with Gasteiger partial charge >= 0.3 is 12.2 Å². The predicted octanol–water partition coefficient (Wildman–Crippen LogP) is 5.73. The second-order valence-corrected chi connectivity index (χ2v) is 6.34. The third kappa shape index (κ3) is 4.49. The van der Waals surface area contributed by atoms with Crippen molar-refractivity contribution in [3.8, 4) is 23.0 Å². The number of ether oxygens (including phenoxy) is 1. The number of nitrogens with zero attached hydrogens (tertiary/aromatic N) is 4. The van der Waals surface area contributed by atoms with Crippen LogP contribution in [0.2, 0.25) is 5.02 Å². The average Bonchev–Trinajstić information content (AvgIpc) is 3.18. The molecule has 7 nitrogen and oxygen atoms in total. The van der Waals surface area contributed by atoms with Crippen LogP contribution >= 0.6 is 11.6 Å². The Morgan fingerprint density at radius 2 is 1.67 bits per heavy atom. The molecule has 2 aromatic heterocycles. The van der Waals surface area contributed by atoms with Gasteiger partial charge in [0.2, 0.25) is 5.89 Å². The number of rotatable bonds is 5. The lowest BCUT2D eigenvalue weighted by Gasteiger charge is -2.10. The summed E-state index contributed by atoms with van der Waals surface area (Å²) in [6, 6.07) is 10.1. The predicted molar refractivity (Wildman–Crippen MR) is 102 cm³/mol. The van der Waals surface area contributed by atoms with E-state index in [-0.39, 0.29) is 17.6 Å². The SMILES string of the molecule is FC(F)(F)c1cc(Nc2nnc(-c3ccc(Oc4cncnc4)cc3)o2)ccc1Cl. The molecule has 4 aromatic rings. The molecule has 2 heterocycles. The van der Waals surface area contributed by atoms with Crippen LogP contribution in [0.25, 0.3) is 11.5 Å². The molecule has 0 aliphatic heterocycles. The maximum atomic E-state index is 13.0. The van der Waals surface area contributed by atoms with E-state index < -0.39 is 16.8 Å². The lowest BCUT2D eigenvalue weighted by atomic mass is 10.2. The van der Waals surface area contributed by atoms with E-state index in [1.165, 1.54) is 24.8 Å². The molecule has 2 aromatic carbocycles. The molecule has 0 aliphatic rings. The summed E-state index contributed by atoms with van der Waals surface area (Å²) in [5, 5.41) is 9.94. The van der Waals surface area contributed by atoms with Gasteiger partial charge in [0, 0.05) is 11.3 Å². The van der Waals surface area contributed by atoms with Gasteiger partial charge in [-0.2, -0.15) is 13.2 Å². The zero-order valence-corrected chi connectivity index (χ0v) is 15.6. The molecule has 4 rings (SSSR count). The van der Waals surface area contributed by atoms with Crippen molar-refractivity contribution in [1.82, 2.24) is 20.2 Å². The largest absolute Gasteiger partial charge is 0.454 e. The second-order valence-electron chi connectivity index (χ2n) is 5.93. The van der Waals surface area contributed by atoms with Gasteiger partial charge in [-0.15, -0.1) is 5.10 Å². The fraction of sp³-hybridized carbons (Fsp3) is 0.0526. The molecule has 0 aliphatic carbocycles. The van der Waals surface area contributed by atoms with Gasteiger partial charge in [-0.25, -0.2) is 9.97 Å². The Kier molecular flexibility index (Phi) is 5.23. The number of anilines is 2. The zero-order valence-electron chi connectivity index (χ0n) is 14.9. The molecule has 0 amide bonds. The van der Waals surface area contributed by atoms with Crippen LogP contribution in [0.4, 0.5) is 24.9 Å². The molecular weight excluding hydrogens is 423 g/mol. The molecule has 30 heavy (non-hydrogen) atoms. The monoisotopic (exact) mass is 433 g/mol. The normalized spacial score (nSPS) is 11.3. The van der Waals surface area contributed by atoms with Crippen LogP contribution in [0.1, 0.15) is 5.56 Å². The van der Waals surface area contributed by atoms with Crippen LogP contribution in [0, 0.1) is 0 Å². The van der Waals surface area contributed by atoms with Gasteiger partial charge in [-0.1, -0.05) is 16.7 Å². The maximum absolute atomic E-state index is 13.0. The van der Waals surface area contributed by atoms with Crippen molar-refractivity contribution in [3.05, 3.63) is 71.8 Å². The van der Waals surface area contributed by atoms with Gasteiger partial charge in [0.15, 0.2) is 5.75 Å². The van der Waals surface area contributed by atoms with Crippen molar-refractivity contribution >= 4 is 23.3 Å². The Morgan fingerprint density at radius 3 is 2.37 bits per heavy atom. The van der Waals surface area contributed by atoms with E-state index in [4.69, 9.17) is 20.8 Å². The molecule has 1 N–H and O–H groups in total. The van der Waals surface area contributed by atoms with Crippen molar-refractivity contribution in [2.45, 2.75) is 6.18 Å². The van der Waals surface area contributed by atoms with Gasteiger partial charge in [0.1, 0.15) is 12.1 Å². The summed E-state index contributed by atoms with van der Waals surface area (Å²) >= 11 is 5.62. The van der Waals surface area contributed by atoms with Crippen molar-refractivity contribution in [3.63, 3.8) is 0 Å². The molecule has 0 fully saturated rings. The van der Waals surface area contributed by atoms with Gasteiger partial charge in [-0.3, -0.25) is 0 Å². The first-order chi connectivity index (χ1) is 14.4. The maximum Gasteiger partial charge on any atom is 0.417 e. The van der Waals surface area contributed by atoms with E-state index in [9.17, 15) is 13.2 Å². The Hall–Kier alpha value is -3.66. The van der Waals surface area contributed by atoms with Crippen LogP contribution in [-0.2, 0) is 6.18 Å². The van der Waals surface area contributed by atoms with E-state index in [1.807, 2.05) is 0 Å². The Bertz CT molecular complexity index is 1150. The number of nitrogens with one attached hydrogen (secondary N) is 1. The first-order valence-corrected chi connectivity index (χ1v) is 8.77. The van der Waals surface area contributed by atoms with E-state index >= 15 is 0 Å². The molecule has 0 bridgehead atoms. The molecule has 0 saturated heterocycles. The molecule has 0 unspecified atom stereocenters. The zero-order chi connectivity index (χ0) is 21.1. The van der Waals surface area contributed by atoms with Crippen molar-refractivity contribution in [2.24, 2.45) is 0 Å². The topological polar surface area (TPSA) is 86.0 Å². The highest BCUT2D eigenvalue weighted by Crippen LogP contribution is 2.36. The van der Waals surface area contributed by atoms with Crippen LogP contribution in [0.3, 0.4) is 0 Å². The smallest absolute Gasteiger partial charge is 0.417 e. The fourth-order valence-corrected chi connectivity index (χ4v) is 2.70. The highest BCUT2D eigenvalue weighted by molar-refractivity contribution is 6.31. The number of benzene rings is 2. The van der Waals surface area contributed by atoms with E-state index in [2.05, 4.69) is 25.5 Å². The lowest BCUT2D eigenvalue weighted by Crippen LogP contribution is -2.06. The average molecular weight is 434 g/mol. The fourth-order valence-electron chi connectivity index (χ4n) is 2.47. The number of alkyl halides is 3. The summed E-state index contributed by atoms with van der Waals surface area (Å²) < 4.78 is 50.0. The Balaban J connectivity index is 1.48. The van der Waals surface area contributed by atoms with Crippen LogP contribution in [0.5, 0.6) is 11.5 Å². The van der Waals surface area contributed by atoms with E-state index in [0.29, 0.717) is 17.1 Å². The quantitative estimate of drug-likeness (QED) is 0.429. The van der Waals surface area contributed by atoms with Crippen LogP contribution in [-0.4, -0.2) is 20.2 Å². The molecule has 0 atom stereocenters. The summed E-state index contributed by atoms with van der Waals surface area (Å²) in [7, 11) is 0. The van der Waals surface area contributed by atoms with Crippen molar-refractivity contribution in [1.29, 1.82) is 0 Å². The summed E-state index contributed by atoms with van der Waals surface area (Å²) in [6.07, 6.45) is -0.134. The minimum atomic E-state index is -4.58. The number of hydrogen-bond acceptors (Lipinski definition) is 7. The third-order valence-electron chi connectivity index (χ3n) is 3.82. The van der Waals surface area contributed by atoms with Crippen molar-refractivity contribution in [2.75, 3.05) is 5.32 Å². The highest BCUT2D eigenvalue weighted by Gasteiger charge is 2.33. The van der Waals surface area contributed by atoms with Gasteiger partial charge in [-0.05, 0) is 42.5 Å². The minimum Gasteiger partial charge on any atom is -0.454 e. The van der Waals surface area contributed by atoms with Crippen LogP contribution < -0.4 is 10.1 Å². The molecular formula is C19H11ClF3N5O2. The van der Waals surface area contributed by atoms with Gasteiger partial charge in [0.25, 0.3) is 0 Å². The first-order valence-electron chi connectivity index (χ1n) is 8.39. The first kappa shape index (κ1) is 19.6. The summed E-state index contributed by atoms with van der Waals surface area (Å²) in [4.78, 5) is 7.72. The van der Waals surface area contributed by atoms with E-state index in [1.54, 1.807) is 24.3 Å². The summed E-state index contributed by atoms with van der Waals surface area (Å²) in [5.41, 5.74) is -0.261. The number of aromatic nitrogens is 4. The molecule has 0 radical (unpaired) electrons. The van der Waals surface area contributed by atoms with Crippen LogP contribution in [0.15, 0.2) is 65.6 Å².